The highest BCUT2D eigenvalue weighted by molar-refractivity contribution is 6.30. The normalized spacial score (nSPS) is 10.3. The van der Waals surface area contributed by atoms with Gasteiger partial charge in [0, 0.05) is 17.3 Å². The summed E-state index contributed by atoms with van der Waals surface area (Å²) in [6.07, 6.45) is 1.13. The van der Waals surface area contributed by atoms with Crippen LogP contribution in [-0.4, -0.2) is 16.5 Å². The lowest BCUT2D eigenvalue weighted by Crippen LogP contribution is -2.06. The lowest BCUT2D eigenvalue weighted by atomic mass is 10.2. The lowest BCUT2D eigenvalue weighted by molar-refractivity contribution is 0.619. The lowest BCUT2D eigenvalue weighted by Gasteiger charge is -2.11. The number of aromatic nitrogens is 2. The van der Waals surface area contributed by atoms with Crippen LogP contribution in [0.15, 0.2) is 24.4 Å². The number of rotatable bonds is 4. The van der Waals surface area contributed by atoms with E-state index in [-0.39, 0.29) is 5.82 Å². The number of nitrogens with zero attached hydrogens (tertiary/aromatic N) is 2. The molecule has 1 heterocycles. The van der Waals surface area contributed by atoms with Gasteiger partial charge in [0.2, 0.25) is 5.95 Å². The van der Waals surface area contributed by atoms with Gasteiger partial charge in [-0.05, 0) is 31.5 Å². The molecule has 1 aromatic heterocycles. The number of hydrogen-bond acceptors (Lipinski definition) is 4. The van der Waals surface area contributed by atoms with Crippen LogP contribution in [-0.2, 0) is 0 Å². The second kappa shape index (κ2) is 5.84. The number of anilines is 3. The summed E-state index contributed by atoms with van der Waals surface area (Å²) >= 11 is 5.92. The predicted octanol–water partition coefficient (Wildman–Crippen LogP) is 3.75. The zero-order valence-corrected chi connectivity index (χ0v) is 11.4. The average Bonchev–Trinajstić information content (AvgIpc) is 2.38. The van der Waals surface area contributed by atoms with E-state index in [4.69, 9.17) is 11.6 Å². The van der Waals surface area contributed by atoms with Gasteiger partial charge in [0.15, 0.2) is 11.6 Å². The van der Waals surface area contributed by atoms with Crippen molar-refractivity contribution in [1.82, 2.24) is 9.97 Å². The number of halogens is 2. The van der Waals surface area contributed by atoms with Crippen LogP contribution < -0.4 is 10.6 Å². The van der Waals surface area contributed by atoms with E-state index >= 15 is 0 Å². The van der Waals surface area contributed by atoms with Crippen LogP contribution in [0.5, 0.6) is 0 Å². The summed E-state index contributed by atoms with van der Waals surface area (Å²) in [5, 5.41) is 6.44. The largest absolute Gasteiger partial charge is 0.354 e. The molecule has 0 unspecified atom stereocenters. The third-order valence-electron chi connectivity index (χ3n) is 2.53. The van der Waals surface area contributed by atoms with Gasteiger partial charge in [-0.15, -0.1) is 0 Å². The van der Waals surface area contributed by atoms with Gasteiger partial charge in [-0.2, -0.15) is 4.98 Å². The first-order chi connectivity index (χ1) is 9.10. The minimum absolute atomic E-state index is 0.122. The second-order valence-corrected chi connectivity index (χ2v) is 4.44. The van der Waals surface area contributed by atoms with Crippen molar-refractivity contribution in [3.8, 4) is 0 Å². The summed E-state index contributed by atoms with van der Waals surface area (Å²) < 4.78 is 13.7. The zero-order valence-electron chi connectivity index (χ0n) is 10.7. The first-order valence-electron chi connectivity index (χ1n) is 5.89. The molecule has 0 atom stereocenters. The Balaban J connectivity index is 2.31. The van der Waals surface area contributed by atoms with Crippen LogP contribution in [0, 0.1) is 12.7 Å². The highest BCUT2D eigenvalue weighted by Crippen LogP contribution is 2.24. The molecule has 1 aromatic carbocycles. The molecule has 2 N–H and O–H groups in total. The number of hydrogen-bond donors (Lipinski definition) is 2. The molecular formula is C13H14ClFN4. The fraction of sp³-hybridized carbons (Fsp3) is 0.231. The van der Waals surface area contributed by atoms with Crippen LogP contribution in [0.25, 0.3) is 0 Å². The van der Waals surface area contributed by atoms with Crippen molar-refractivity contribution in [2.75, 3.05) is 17.2 Å². The highest BCUT2D eigenvalue weighted by atomic mass is 35.5. The smallest absolute Gasteiger partial charge is 0.224 e. The van der Waals surface area contributed by atoms with Crippen LogP contribution in [0.3, 0.4) is 0 Å². The molecule has 4 nitrogen and oxygen atoms in total. The molecule has 0 saturated heterocycles. The number of aryl methyl sites for hydroxylation is 1. The molecule has 100 valence electrons. The van der Waals surface area contributed by atoms with E-state index in [1.165, 1.54) is 0 Å². The zero-order chi connectivity index (χ0) is 13.8. The van der Waals surface area contributed by atoms with Crippen LogP contribution in [0.1, 0.15) is 12.5 Å². The third-order valence-corrected chi connectivity index (χ3v) is 2.77. The molecule has 0 aliphatic carbocycles. The molecule has 0 spiro atoms. The maximum absolute atomic E-state index is 13.7. The summed E-state index contributed by atoms with van der Waals surface area (Å²) in [5.41, 5.74) is 1.67. The molecule has 0 fully saturated rings. The predicted molar refractivity (Wildman–Crippen MR) is 75.6 cm³/mol. The Bertz CT molecular complexity index is 589. The maximum atomic E-state index is 13.7. The van der Waals surface area contributed by atoms with E-state index in [0.717, 1.165) is 11.8 Å². The topological polar surface area (TPSA) is 49.8 Å². The van der Waals surface area contributed by atoms with Crippen LogP contribution in [0.2, 0.25) is 5.02 Å². The molecule has 0 radical (unpaired) electrons. The summed E-state index contributed by atoms with van der Waals surface area (Å²) in [7, 11) is 0. The molecule has 6 heteroatoms. The highest BCUT2D eigenvalue weighted by Gasteiger charge is 2.08. The Morgan fingerprint density at radius 3 is 2.89 bits per heavy atom. The van der Waals surface area contributed by atoms with Gasteiger partial charge in [-0.25, -0.2) is 9.37 Å². The molecular weight excluding hydrogens is 267 g/mol. The Kier molecular flexibility index (Phi) is 4.16. The average molecular weight is 281 g/mol. The van der Waals surface area contributed by atoms with Gasteiger partial charge in [0.1, 0.15) is 0 Å². The van der Waals surface area contributed by atoms with Crippen molar-refractivity contribution in [2.45, 2.75) is 13.8 Å². The minimum atomic E-state index is -0.513. The SMILES string of the molecule is CCNc1ncc(F)c(Nc2cc(Cl)ccc2C)n1. The summed E-state index contributed by atoms with van der Waals surface area (Å²) in [6.45, 7) is 4.49. The van der Waals surface area contributed by atoms with E-state index in [1.807, 2.05) is 19.9 Å². The molecule has 0 bridgehead atoms. The Hall–Kier alpha value is -1.88. The fourth-order valence-electron chi connectivity index (χ4n) is 1.55. The number of benzene rings is 1. The van der Waals surface area contributed by atoms with E-state index in [9.17, 15) is 4.39 Å². The first kappa shape index (κ1) is 13.5. The van der Waals surface area contributed by atoms with Gasteiger partial charge in [-0.1, -0.05) is 17.7 Å². The quantitative estimate of drug-likeness (QED) is 0.895. The summed E-state index contributed by atoms with van der Waals surface area (Å²) in [6, 6.07) is 5.36. The molecule has 0 saturated carbocycles. The van der Waals surface area contributed by atoms with Crippen molar-refractivity contribution in [3.05, 3.63) is 40.8 Å². The minimum Gasteiger partial charge on any atom is -0.354 e. The van der Waals surface area contributed by atoms with Crippen molar-refractivity contribution >= 4 is 29.1 Å². The summed E-state index contributed by atoms with van der Waals surface area (Å²) in [5.74, 6) is -0.0107. The fourth-order valence-corrected chi connectivity index (χ4v) is 1.73. The monoisotopic (exact) mass is 280 g/mol. The first-order valence-corrected chi connectivity index (χ1v) is 6.27. The molecule has 19 heavy (non-hydrogen) atoms. The van der Waals surface area contributed by atoms with Crippen molar-refractivity contribution in [3.63, 3.8) is 0 Å². The van der Waals surface area contributed by atoms with Crippen molar-refractivity contribution in [2.24, 2.45) is 0 Å². The van der Waals surface area contributed by atoms with Gasteiger partial charge in [-0.3, -0.25) is 0 Å². The molecule has 0 aliphatic rings. The van der Waals surface area contributed by atoms with Gasteiger partial charge >= 0.3 is 0 Å². The molecule has 2 rings (SSSR count). The van der Waals surface area contributed by atoms with E-state index in [1.54, 1.807) is 12.1 Å². The van der Waals surface area contributed by atoms with Crippen LogP contribution >= 0.6 is 11.6 Å². The standard InChI is InChI=1S/C13H14ClFN4/c1-3-16-13-17-7-10(15)12(19-13)18-11-6-9(14)5-4-8(11)2/h4-7H,3H2,1-2H3,(H2,16,17,18,19). The van der Waals surface area contributed by atoms with E-state index in [0.29, 0.717) is 23.2 Å². The molecule has 0 amide bonds. The maximum Gasteiger partial charge on any atom is 0.224 e. The molecule has 0 aliphatic heterocycles. The molecule has 2 aromatic rings. The van der Waals surface area contributed by atoms with Crippen molar-refractivity contribution < 1.29 is 4.39 Å². The Morgan fingerprint density at radius 1 is 1.37 bits per heavy atom. The summed E-state index contributed by atoms with van der Waals surface area (Å²) in [4.78, 5) is 7.92. The number of nitrogens with one attached hydrogen (secondary N) is 2. The Morgan fingerprint density at radius 2 is 2.16 bits per heavy atom. The van der Waals surface area contributed by atoms with Gasteiger partial charge < -0.3 is 10.6 Å². The van der Waals surface area contributed by atoms with Crippen molar-refractivity contribution in [1.29, 1.82) is 0 Å². The van der Waals surface area contributed by atoms with Gasteiger partial charge in [0.25, 0.3) is 0 Å². The van der Waals surface area contributed by atoms with Gasteiger partial charge in [0.05, 0.1) is 6.20 Å². The van der Waals surface area contributed by atoms with E-state index in [2.05, 4.69) is 20.6 Å². The Labute approximate surface area is 116 Å². The van der Waals surface area contributed by atoms with Crippen LogP contribution in [0.4, 0.5) is 21.8 Å². The third kappa shape index (κ3) is 3.32. The van der Waals surface area contributed by atoms with E-state index < -0.39 is 5.82 Å². The second-order valence-electron chi connectivity index (χ2n) is 4.00.